The number of rotatable bonds is 5. The number of piperidine rings is 1. The fraction of sp³-hybridized carbons (Fsp3) is 0.240. The smallest absolute Gasteiger partial charge is 0.406 e. The van der Waals surface area contributed by atoms with Crippen molar-refractivity contribution in [3.05, 3.63) is 59.5 Å². The Hall–Kier alpha value is -4.06. The van der Waals surface area contributed by atoms with Gasteiger partial charge in [-0.2, -0.15) is 0 Å². The number of halogens is 3. The predicted octanol–water partition coefficient (Wildman–Crippen LogP) is 4.07. The highest BCUT2D eigenvalue weighted by Crippen LogP contribution is 2.34. The highest BCUT2D eigenvalue weighted by molar-refractivity contribution is 7.21. The zero-order valence-electron chi connectivity index (χ0n) is 19.5. The van der Waals surface area contributed by atoms with Gasteiger partial charge in [-0.1, -0.05) is 19.2 Å². The molecule has 2 N–H and O–H groups in total. The third-order valence-electron chi connectivity index (χ3n) is 6.11. The second-order valence-electron chi connectivity index (χ2n) is 8.57. The monoisotopic (exact) mass is 529 g/mol. The largest absolute Gasteiger partial charge is 0.573 e. The van der Waals surface area contributed by atoms with E-state index in [0.717, 1.165) is 12.8 Å². The number of alkyl halides is 3. The third-order valence-corrected chi connectivity index (χ3v) is 7.21. The van der Waals surface area contributed by atoms with Crippen LogP contribution >= 0.6 is 11.3 Å². The molecular formula is C25H22F3N5O3S. The van der Waals surface area contributed by atoms with Gasteiger partial charge in [-0.15, -0.1) is 24.5 Å². The van der Waals surface area contributed by atoms with Crippen molar-refractivity contribution in [3.8, 4) is 11.4 Å². The fourth-order valence-electron chi connectivity index (χ4n) is 4.61. The van der Waals surface area contributed by atoms with Crippen molar-refractivity contribution >= 4 is 51.0 Å². The van der Waals surface area contributed by atoms with Crippen LogP contribution < -0.4 is 15.5 Å². The summed E-state index contributed by atoms with van der Waals surface area (Å²) in [4.78, 5) is 35.5. The molecule has 0 spiro atoms. The number of aromatic nitrogens is 3. The molecule has 0 saturated carbocycles. The van der Waals surface area contributed by atoms with E-state index in [1.807, 2.05) is 0 Å². The molecule has 1 aliphatic rings. The topological polar surface area (TPSA) is 92.3 Å². The van der Waals surface area contributed by atoms with E-state index in [2.05, 4.69) is 33.2 Å². The SMILES string of the molecule is C=CC(=O)N1CCC[C@@H](NC(=O)c2sc3nccc4c3c2[nH]c(=C)n4-c2cccc(OC(F)(F)F)c2)C1. The molecule has 0 radical (unpaired) electrons. The summed E-state index contributed by atoms with van der Waals surface area (Å²) in [6.45, 7) is 8.58. The average Bonchev–Trinajstić information content (AvgIpc) is 3.22. The molecule has 192 valence electrons. The van der Waals surface area contributed by atoms with Gasteiger partial charge in [0.2, 0.25) is 5.91 Å². The first-order valence-electron chi connectivity index (χ1n) is 11.4. The zero-order valence-corrected chi connectivity index (χ0v) is 20.3. The number of carbonyl (C=O) groups excluding carboxylic acids is 2. The summed E-state index contributed by atoms with van der Waals surface area (Å²) in [6.07, 6.45) is -0.491. The molecule has 3 aromatic heterocycles. The molecule has 0 bridgehead atoms. The third kappa shape index (κ3) is 4.84. The lowest BCUT2D eigenvalue weighted by atomic mass is 10.1. The van der Waals surface area contributed by atoms with Gasteiger partial charge < -0.3 is 19.9 Å². The molecule has 8 nitrogen and oxygen atoms in total. The minimum absolute atomic E-state index is 0.174. The number of aromatic amines is 1. The van der Waals surface area contributed by atoms with Crippen LogP contribution in [0, 0.1) is 0 Å². The van der Waals surface area contributed by atoms with Crippen LogP contribution in [-0.4, -0.2) is 56.7 Å². The molecule has 1 fully saturated rings. The number of hydrogen-bond donors (Lipinski definition) is 2. The average molecular weight is 530 g/mol. The second kappa shape index (κ2) is 9.43. The summed E-state index contributed by atoms with van der Waals surface area (Å²) in [6, 6.07) is 7.06. The van der Waals surface area contributed by atoms with Crippen molar-refractivity contribution in [1.82, 2.24) is 24.8 Å². The number of nitrogens with zero attached hydrogens (tertiary/aromatic N) is 3. The fourth-order valence-corrected chi connectivity index (χ4v) is 5.63. The van der Waals surface area contributed by atoms with Gasteiger partial charge >= 0.3 is 6.36 Å². The van der Waals surface area contributed by atoms with Crippen molar-refractivity contribution in [1.29, 1.82) is 0 Å². The molecule has 37 heavy (non-hydrogen) atoms. The molecular weight excluding hydrogens is 507 g/mol. The van der Waals surface area contributed by atoms with Gasteiger partial charge in [-0.3, -0.25) is 14.2 Å². The van der Waals surface area contributed by atoms with E-state index in [1.165, 1.54) is 35.6 Å². The summed E-state index contributed by atoms with van der Waals surface area (Å²) in [5, 5.41) is 3.67. The first-order valence-corrected chi connectivity index (χ1v) is 12.2. The molecule has 5 rings (SSSR count). The van der Waals surface area contributed by atoms with Crippen LogP contribution in [0.1, 0.15) is 22.5 Å². The summed E-state index contributed by atoms with van der Waals surface area (Å²) < 4.78 is 44.0. The molecule has 1 aliphatic heterocycles. The molecule has 4 heterocycles. The van der Waals surface area contributed by atoms with Crippen LogP contribution in [0.2, 0.25) is 0 Å². The van der Waals surface area contributed by atoms with Gasteiger partial charge in [0, 0.05) is 31.4 Å². The van der Waals surface area contributed by atoms with Crippen LogP contribution in [0.5, 0.6) is 5.75 Å². The first-order chi connectivity index (χ1) is 17.6. The number of amides is 2. The molecule has 1 atom stereocenters. The van der Waals surface area contributed by atoms with Crippen LogP contribution in [0.25, 0.3) is 33.5 Å². The lowest BCUT2D eigenvalue weighted by Gasteiger charge is -2.32. The number of benzene rings is 1. The van der Waals surface area contributed by atoms with Crippen LogP contribution in [0.3, 0.4) is 0 Å². The number of nitrogens with one attached hydrogen (secondary N) is 2. The van der Waals surface area contributed by atoms with Gasteiger partial charge in [-0.25, -0.2) is 4.98 Å². The Kier molecular flexibility index (Phi) is 6.28. The minimum Gasteiger partial charge on any atom is -0.406 e. The highest BCUT2D eigenvalue weighted by atomic mass is 32.1. The van der Waals surface area contributed by atoms with Crippen LogP contribution in [0.15, 0.2) is 49.2 Å². The van der Waals surface area contributed by atoms with Crippen molar-refractivity contribution in [2.24, 2.45) is 0 Å². The predicted molar refractivity (Wildman–Crippen MR) is 134 cm³/mol. The van der Waals surface area contributed by atoms with Crippen LogP contribution in [0.4, 0.5) is 13.2 Å². The molecule has 1 aromatic carbocycles. The molecule has 2 amide bonds. The Bertz CT molecular complexity index is 1590. The number of H-pyrrole nitrogens is 1. The molecule has 0 unspecified atom stereocenters. The second-order valence-corrected chi connectivity index (χ2v) is 9.57. The normalized spacial score (nSPS) is 16.2. The number of ether oxygens (including phenoxy) is 1. The van der Waals surface area contributed by atoms with E-state index >= 15 is 0 Å². The van der Waals surface area contributed by atoms with Crippen molar-refractivity contribution < 1.29 is 27.5 Å². The van der Waals surface area contributed by atoms with Crippen molar-refractivity contribution in [3.63, 3.8) is 0 Å². The number of pyridine rings is 1. The first kappa shape index (κ1) is 24.6. The van der Waals surface area contributed by atoms with Gasteiger partial charge in [0.15, 0.2) is 0 Å². The number of thiophene rings is 1. The summed E-state index contributed by atoms with van der Waals surface area (Å²) >= 11 is 1.20. The van der Waals surface area contributed by atoms with Gasteiger partial charge in [0.05, 0.1) is 22.1 Å². The maximum atomic E-state index is 13.3. The minimum atomic E-state index is -4.82. The Morgan fingerprint density at radius 2 is 2.11 bits per heavy atom. The van der Waals surface area contributed by atoms with Crippen molar-refractivity contribution in [2.45, 2.75) is 25.2 Å². The summed E-state index contributed by atoms with van der Waals surface area (Å²) in [5.41, 5.74) is 1.88. The van der Waals surface area contributed by atoms with E-state index < -0.39 is 6.36 Å². The Morgan fingerprint density at radius 3 is 2.86 bits per heavy atom. The standard InChI is InChI=1S/C25H22F3N5O3S/c1-3-19(34)32-11-5-6-15(13-32)31-23(35)22-21-20-18(9-10-29-24(20)37-22)33(14(2)30-21)16-7-4-8-17(12-16)36-25(26,27)28/h3-4,7-10,12,15,30H,1-2,5-6,11,13H2,(H,31,35)/t15-/m1/s1. The van der Waals surface area contributed by atoms with E-state index in [0.29, 0.717) is 50.4 Å². The number of hydrogen-bond acceptors (Lipinski definition) is 5. The maximum Gasteiger partial charge on any atom is 0.573 e. The number of likely N-dealkylation sites (tertiary alicyclic amines) is 1. The molecule has 12 heteroatoms. The Morgan fingerprint density at radius 1 is 1.30 bits per heavy atom. The maximum absolute atomic E-state index is 13.3. The molecule has 0 aliphatic carbocycles. The molecule has 1 saturated heterocycles. The van der Waals surface area contributed by atoms with Gasteiger partial charge in [-0.05, 0) is 37.1 Å². The van der Waals surface area contributed by atoms with Crippen molar-refractivity contribution in [2.75, 3.05) is 13.1 Å². The van der Waals surface area contributed by atoms with Gasteiger partial charge in [0.25, 0.3) is 5.91 Å². The quantitative estimate of drug-likeness (QED) is 0.382. The van der Waals surface area contributed by atoms with E-state index in [1.54, 1.807) is 27.8 Å². The zero-order chi connectivity index (χ0) is 26.3. The van der Waals surface area contributed by atoms with E-state index in [4.69, 9.17) is 0 Å². The number of carbonyl (C=O) groups is 2. The Labute approximate surface area is 212 Å². The van der Waals surface area contributed by atoms with Gasteiger partial charge in [0.1, 0.15) is 20.9 Å². The molecule has 4 aromatic rings. The Balaban J connectivity index is 1.52. The van der Waals surface area contributed by atoms with E-state index in [-0.39, 0.29) is 23.6 Å². The lowest BCUT2D eigenvalue weighted by molar-refractivity contribution is -0.274. The summed E-state index contributed by atoms with van der Waals surface area (Å²) in [5.74, 6) is -0.848. The lowest BCUT2D eigenvalue weighted by Crippen LogP contribution is -2.49. The summed E-state index contributed by atoms with van der Waals surface area (Å²) in [7, 11) is 0. The van der Waals surface area contributed by atoms with Crippen LogP contribution in [-0.2, 0) is 4.79 Å². The highest BCUT2D eigenvalue weighted by Gasteiger charge is 2.31. The van der Waals surface area contributed by atoms with E-state index in [9.17, 15) is 22.8 Å².